The molecule has 11 heavy (non-hydrogen) atoms. The highest BCUT2D eigenvalue weighted by Gasteiger charge is 2.00. The van der Waals surface area contributed by atoms with Crippen LogP contribution in [0.3, 0.4) is 0 Å². The van der Waals surface area contributed by atoms with Gasteiger partial charge in [-0.15, -0.1) is 5.10 Å². The number of hydrogen-bond acceptors (Lipinski definition) is 4. The van der Waals surface area contributed by atoms with Crippen molar-refractivity contribution in [1.82, 2.24) is 15.2 Å². The monoisotopic (exact) mass is 155 g/mol. The Morgan fingerprint density at radius 2 is 2.36 bits per heavy atom. The first-order valence-electron chi connectivity index (χ1n) is 3.13. The molecule has 0 bridgehead atoms. The first kappa shape index (κ1) is 7.52. The van der Waals surface area contributed by atoms with Crippen LogP contribution in [0.5, 0.6) is 0 Å². The average molecular weight is 155 g/mol. The van der Waals surface area contributed by atoms with E-state index in [1.165, 1.54) is 0 Å². The summed E-state index contributed by atoms with van der Waals surface area (Å²) in [6.07, 6.45) is 0.716. The van der Waals surface area contributed by atoms with Crippen molar-refractivity contribution in [2.45, 2.75) is 12.8 Å². The molecule has 0 radical (unpaired) electrons. The second-order valence-electron chi connectivity index (χ2n) is 2.11. The van der Waals surface area contributed by atoms with Gasteiger partial charge in [-0.1, -0.05) is 0 Å². The van der Waals surface area contributed by atoms with Crippen LogP contribution < -0.4 is 11.5 Å². The number of nitrogens with one attached hydrogen (secondary N) is 1. The third-order valence-corrected chi connectivity index (χ3v) is 1.16. The van der Waals surface area contributed by atoms with E-state index in [9.17, 15) is 4.79 Å². The van der Waals surface area contributed by atoms with Crippen molar-refractivity contribution < 1.29 is 4.79 Å². The lowest BCUT2D eigenvalue weighted by Gasteiger charge is -1.89. The summed E-state index contributed by atoms with van der Waals surface area (Å²) in [6.45, 7) is 0. The number of aryl methyl sites for hydroxylation is 1. The van der Waals surface area contributed by atoms with Crippen LogP contribution in [0, 0.1) is 0 Å². The van der Waals surface area contributed by atoms with Gasteiger partial charge in [0.05, 0.1) is 0 Å². The fraction of sp³-hybridized carbons (Fsp3) is 0.400. The van der Waals surface area contributed by atoms with Gasteiger partial charge in [0.1, 0.15) is 5.82 Å². The van der Waals surface area contributed by atoms with Crippen LogP contribution in [-0.2, 0) is 11.2 Å². The number of H-pyrrole nitrogens is 1. The van der Waals surface area contributed by atoms with Crippen molar-refractivity contribution in [3.8, 4) is 0 Å². The van der Waals surface area contributed by atoms with E-state index in [1.807, 2.05) is 0 Å². The predicted molar refractivity (Wildman–Crippen MR) is 38.3 cm³/mol. The SMILES string of the molecule is NC(=O)CCc1nc(N)n[nH]1. The molecule has 6 heteroatoms. The summed E-state index contributed by atoms with van der Waals surface area (Å²) < 4.78 is 0. The number of carbonyl (C=O) groups is 1. The van der Waals surface area contributed by atoms with Gasteiger partial charge in [0.2, 0.25) is 11.9 Å². The Kier molecular flexibility index (Phi) is 2.05. The Hall–Kier alpha value is -1.59. The molecule has 6 nitrogen and oxygen atoms in total. The molecule has 1 heterocycles. The van der Waals surface area contributed by atoms with Crippen molar-refractivity contribution in [3.63, 3.8) is 0 Å². The lowest BCUT2D eigenvalue weighted by molar-refractivity contribution is -0.118. The minimum atomic E-state index is -0.361. The lowest BCUT2D eigenvalue weighted by atomic mass is 10.3. The molecule has 0 fully saturated rings. The predicted octanol–water partition coefficient (Wildman–Crippen LogP) is -1.20. The normalized spacial score (nSPS) is 9.82. The summed E-state index contributed by atoms with van der Waals surface area (Å²) >= 11 is 0. The molecular weight excluding hydrogens is 146 g/mol. The number of carbonyl (C=O) groups excluding carboxylic acids is 1. The minimum absolute atomic E-state index is 0.185. The van der Waals surface area contributed by atoms with E-state index in [-0.39, 0.29) is 18.3 Å². The molecular formula is C5H9N5O. The summed E-state index contributed by atoms with van der Waals surface area (Å²) in [5.41, 5.74) is 10.1. The van der Waals surface area contributed by atoms with Gasteiger partial charge < -0.3 is 11.5 Å². The molecule has 0 saturated carbocycles. The van der Waals surface area contributed by atoms with Crippen molar-refractivity contribution >= 4 is 11.9 Å². The van der Waals surface area contributed by atoms with Gasteiger partial charge in [-0.25, -0.2) is 0 Å². The highest BCUT2D eigenvalue weighted by atomic mass is 16.1. The van der Waals surface area contributed by atoms with Crippen molar-refractivity contribution in [2.24, 2.45) is 5.73 Å². The molecule has 1 rings (SSSR count). The van der Waals surface area contributed by atoms with Gasteiger partial charge in [0.15, 0.2) is 0 Å². The Balaban J connectivity index is 2.45. The van der Waals surface area contributed by atoms with E-state index in [0.717, 1.165) is 0 Å². The zero-order chi connectivity index (χ0) is 8.27. The third-order valence-electron chi connectivity index (χ3n) is 1.16. The van der Waals surface area contributed by atoms with Gasteiger partial charge in [-0.3, -0.25) is 9.89 Å². The maximum atomic E-state index is 10.3. The molecule has 5 N–H and O–H groups in total. The van der Waals surface area contributed by atoms with Crippen LogP contribution in [0.15, 0.2) is 0 Å². The number of hydrogen-bond donors (Lipinski definition) is 3. The van der Waals surface area contributed by atoms with E-state index in [2.05, 4.69) is 15.2 Å². The highest BCUT2D eigenvalue weighted by molar-refractivity contribution is 5.73. The summed E-state index contributed by atoms with van der Waals surface area (Å²) in [5, 5.41) is 6.15. The number of amides is 1. The number of nitrogens with two attached hydrogens (primary N) is 2. The van der Waals surface area contributed by atoms with Gasteiger partial charge in [0.25, 0.3) is 0 Å². The summed E-state index contributed by atoms with van der Waals surface area (Å²) in [5.74, 6) is 0.408. The van der Waals surface area contributed by atoms with Gasteiger partial charge in [-0.2, -0.15) is 4.98 Å². The number of anilines is 1. The molecule has 60 valence electrons. The minimum Gasteiger partial charge on any atom is -0.370 e. The maximum absolute atomic E-state index is 10.3. The molecule has 0 atom stereocenters. The Bertz CT molecular complexity index is 255. The number of primary amides is 1. The highest BCUT2D eigenvalue weighted by Crippen LogP contribution is 1.96. The largest absolute Gasteiger partial charge is 0.370 e. The first-order valence-corrected chi connectivity index (χ1v) is 3.13. The molecule has 1 aromatic heterocycles. The number of aromatic amines is 1. The second kappa shape index (κ2) is 3.00. The van der Waals surface area contributed by atoms with Gasteiger partial charge in [0, 0.05) is 12.8 Å². The second-order valence-corrected chi connectivity index (χ2v) is 2.11. The summed E-state index contributed by atoms with van der Waals surface area (Å²) in [6, 6.07) is 0. The smallest absolute Gasteiger partial charge is 0.239 e. The first-order chi connectivity index (χ1) is 5.18. The van der Waals surface area contributed by atoms with Crippen molar-refractivity contribution in [2.75, 3.05) is 5.73 Å². The van der Waals surface area contributed by atoms with Crippen molar-refractivity contribution in [3.05, 3.63) is 5.82 Å². The fourth-order valence-corrected chi connectivity index (χ4v) is 0.663. The topological polar surface area (TPSA) is 111 Å². The average Bonchev–Trinajstić information content (AvgIpc) is 2.31. The van der Waals surface area contributed by atoms with E-state index in [0.29, 0.717) is 12.2 Å². The Labute approximate surface area is 63.0 Å². The number of rotatable bonds is 3. The van der Waals surface area contributed by atoms with Crippen LogP contribution in [0.4, 0.5) is 5.95 Å². The molecule has 0 aliphatic heterocycles. The Morgan fingerprint density at radius 3 is 2.82 bits per heavy atom. The molecule has 0 unspecified atom stereocenters. The molecule has 0 aromatic carbocycles. The molecule has 0 spiro atoms. The van der Waals surface area contributed by atoms with E-state index in [4.69, 9.17) is 11.5 Å². The maximum Gasteiger partial charge on any atom is 0.239 e. The summed E-state index contributed by atoms with van der Waals surface area (Å²) in [4.78, 5) is 14.1. The van der Waals surface area contributed by atoms with Gasteiger partial charge in [-0.05, 0) is 0 Å². The van der Waals surface area contributed by atoms with E-state index < -0.39 is 0 Å². The van der Waals surface area contributed by atoms with Crippen LogP contribution in [0.1, 0.15) is 12.2 Å². The zero-order valence-electron chi connectivity index (χ0n) is 5.87. The molecule has 0 aliphatic rings. The van der Waals surface area contributed by atoms with E-state index in [1.54, 1.807) is 0 Å². The molecule has 1 aromatic rings. The van der Waals surface area contributed by atoms with E-state index >= 15 is 0 Å². The Morgan fingerprint density at radius 1 is 1.64 bits per heavy atom. The quantitative estimate of drug-likeness (QED) is 0.509. The standard InChI is InChI=1S/C5H9N5O/c6-3(11)1-2-4-8-5(7)10-9-4/h1-2H2,(H2,6,11)(H3,7,8,9,10). The van der Waals surface area contributed by atoms with Crippen molar-refractivity contribution in [1.29, 1.82) is 0 Å². The van der Waals surface area contributed by atoms with Crippen LogP contribution in [0.25, 0.3) is 0 Å². The number of aromatic nitrogens is 3. The third kappa shape index (κ3) is 2.24. The van der Waals surface area contributed by atoms with Crippen LogP contribution in [0.2, 0.25) is 0 Å². The molecule has 1 amide bonds. The van der Waals surface area contributed by atoms with Crippen LogP contribution in [-0.4, -0.2) is 21.1 Å². The molecule has 0 aliphatic carbocycles. The molecule has 0 saturated heterocycles. The van der Waals surface area contributed by atoms with Gasteiger partial charge >= 0.3 is 0 Å². The zero-order valence-corrected chi connectivity index (χ0v) is 5.87. The summed E-state index contributed by atoms with van der Waals surface area (Å²) in [7, 11) is 0. The fourth-order valence-electron chi connectivity index (χ4n) is 0.663. The number of nitrogen functional groups attached to an aromatic ring is 1. The lowest BCUT2D eigenvalue weighted by Crippen LogP contribution is -2.11. The van der Waals surface area contributed by atoms with Crippen LogP contribution >= 0.6 is 0 Å². The number of nitrogens with zero attached hydrogens (tertiary/aromatic N) is 2.